The summed E-state index contributed by atoms with van der Waals surface area (Å²) < 4.78 is 27.2. The fourth-order valence-corrected chi connectivity index (χ4v) is 4.20. The third-order valence-corrected chi connectivity index (χ3v) is 5.32. The monoisotopic (exact) mass is 315 g/mol. The van der Waals surface area contributed by atoms with Crippen molar-refractivity contribution in [2.75, 3.05) is 13.6 Å². The topological polar surface area (TPSA) is 120 Å². The van der Waals surface area contributed by atoms with Crippen molar-refractivity contribution >= 4 is 21.9 Å². The highest BCUT2D eigenvalue weighted by atomic mass is 32.2. The average molecular weight is 315 g/mol. The summed E-state index contributed by atoms with van der Waals surface area (Å²) >= 11 is 0. The Balaban J connectivity index is 2.37. The maximum atomic E-state index is 12.4. The van der Waals surface area contributed by atoms with E-state index < -0.39 is 22.0 Å². The summed E-state index contributed by atoms with van der Waals surface area (Å²) in [4.78, 5) is 26.7. The number of carbonyl (C=O) groups excluding carboxylic acids is 1. The van der Waals surface area contributed by atoms with Crippen LogP contribution in [0.5, 0.6) is 0 Å². The van der Waals surface area contributed by atoms with Gasteiger partial charge in [-0.15, -0.1) is 0 Å². The fourth-order valence-electron chi connectivity index (χ4n) is 2.53. The van der Waals surface area contributed by atoms with E-state index in [4.69, 9.17) is 5.11 Å². The lowest BCUT2D eigenvalue weighted by Crippen LogP contribution is -2.40. The molecular weight excluding hydrogens is 298 g/mol. The van der Waals surface area contributed by atoms with Gasteiger partial charge >= 0.3 is 5.97 Å². The van der Waals surface area contributed by atoms with Crippen LogP contribution in [0.4, 0.5) is 0 Å². The van der Waals surface area contributed by atoms with Gasteiger partial charge in [0.1, 0.15) is 16.6 Å². The zero-order valence-electron chi connectivity index (χ0n) is 11.9. The minimum atomic E-state index is -3.97. The molecule has 0 bridgehead atoms. The van der Waals surface area contributed by atoms with Crippen LogP contribution in [0.25, 0.3) is 0 Å². The molecule has 9 heteroatoms. The van der Waals surface area contributed by atoms with E-state index in [0.29, 0.717) is 13.0 Å². The molecule has 0 aliphatic carbocycles. The Kier molecular flexibility index (Phi) is 3.81. The van der Waals surface area contributed by atoms with E-state index in [9.17, 15) is 18.0 Å². The molecule has 3 N–H and O–H groups in total. The van der Waals surface area contributed by atoms with Crippen LogP contribution in [0.15, 0.2) is 4.90 Å². The number of hydrogen-bond donors (Lipinski definition) is 3. The van der Waals surface area contributed by atoms with Gasteiger partial charge in [-0.05, 0) is 20.3 Å². The lowest BCUT2D eigenvalue weighted by Gasteiger charge is -2.13. The van der Waals surface area contributed by atoms with Crippen molar-refractivity contribution < 1.29 is 23.1 Å². The van der Waals surface area contributed by atoms with Crippen LogP contribution < -0.4 is 4.72 Å². The first-order valence-corrected chi connectivity index (χ1v) is 7.83. The summed E-state index contributed by atoms with van der Waals surface area (Å²) in [7, 11) is -2.36. The van der Waals surface area contributed by atoms with Gasteiger partial charge in [0.2, 0.25) is 15.9 Å². The standard InChI is InChI=1S/C12H17N3O5S/c1-6-9(12(17)18)13-7(2)10(6)21(19,20)14-8-4-5-15(3)11(8)16/h8,13-14H,4-5H2,1-3H3,(H,17,18). The molecule has 1 aromatic heterocycles. The van der Waals surface area contributed by atoms with Crippen molar-refractivity contribution in [1.82, 2.24) is 14.6 Å². The van der Waals surface area contributed by atoms with Gasteiger partial charge in [0.25, 0.3) is 0 Å². The number of nitrogens with zero attached hydrogens (tertiary/aromatic N) is 1. The zero-order chi connectivity index (χ0) is 15.9. The summed E-state index contributed by atoms with van der Waals surface area (Å²) in [6, 6.07) is -0.804. The first-order chi connectivity index (χ1) is 9.65. The van der Waals surface area contributed by atoms with E-state index in [2.05, 4.69) is 9.71 Å². The number of carbonyl (C=O) groups is 2. The second-order valence-corrected chi connectivity index (χ2v) is 6.76. The summed E-state index contributed by atoms with van der Waals surface area (Å²) in [6.45, 7) is 3.39. The molecule has 0 spiro atoms. The van der Waals surface area contributed by atoms with Crippen LogP contribution in [0.1, 0.15) is 28.2 Å². The highest BCUT2D eigenvalue weighted by Crippen LogP contribution is 2.24. The molecule has 0 radical (unpaired) electrons. The molecule has 8 nitrogen and oxygen atoms in total. The number of likely N-dealkylation sites (N-methyl/N-ethyl adjacent to an activating group) is 1. The van der Waals surface area contributed by atoms with Gasteiger partial charge in [0, 0.05) is 24.8 Å². The Labute approximate surface area is 122 Å². The van der Waals surface area contributed by atoms with E-state index >= 15 is 0 Å². The third kappa shape index (κ3) is 2.66. The van der Waals surface area contributed by atoms with E-state index in [-0.39, 0.29) is 27.8 Å². The molecule has 1 aliphatic heterocycles. The van der Waals surface area contributed by atoms with Crippen molar-refractivity contribution in [3.8, 4) is 0 Å². The molecule has 116 valence electrons. The van der Waals surface area contributed by atoms with Gasteiger partial charge in [-0.1, -0.05) is 0 Å². The Hall–Kier alpha value is -1.87. The number of sulfonamides is 1. The second kappa shape index (κ2) is 5.15. The Morgan fingerprint density at radius 1 is 1.43 bits per heavy atom. The predicted molar refractivity (Wildman–Crippen MR) is 73.6 cm³/mol. The van der Waals surface area contributed by atoms with E-state index in [1.54, 1.807) is 7.05 Å². The minimum absolute atomic E-state index is 0.109. The van der Waals surface area contributed by atoms with Crippen molar-refractivity contribution in [3.05, 3.63) is 17.0 Å². The Morgan fingerprint density at radius 2 is 2.05 bits per heavy atom. The number of amides is 1. The number of aromatic carboxylic acids is 1. The van der Waals surface area contributed by atoms with Gasteiger partial charge in [-0.25, -0.2) is 13.2 Å². The number of H-pyrrole nitrogens is 1. The highest BCUT2D eigenvalue weighted by molar-refractivity contribution is 7.89. The summed E-state index contributed by atoms with van der Waals surface area (Å²) in [5, 5.41) is 9.02. The number of nitrogens with one attached hydrogen (secondary N) is 2. The van der Waals surface area contributed by atoms with Crippen LogP contribution in [-0.2, 0) is 14.8 Å². The Morgan fingerprint density at radius 3 is 2.48 bits per heavy atom. The molecule has 2 heterocycles. The van der Waals surface area contributed by atoms with Gasteiger partial charge in [-0.3, -0.25) is 4.79 Å². The number of hydrogen-bond acceptors (Lipinski definition) is 4. The molecule has 1 fully saturated rings. The van der Waals surface area contributed by atoms with Gasteiger partial charge in [-0.2, -0.15) is 4.72 Å². The predicted octanol–water partition coefficient (Wildman–Crippen LogP) is -0.161. The van der Waals surface area contributed by atoms with Crippen LogP contribution >= 0.6 is 0 Å². The molecule has 1 amide bonds. The average Bonchev–Trinajstić information content (AvgIpc) is 2.83. The van der Waals surface area contributed by atoms with Gasteiger partial charge in [0.05, 0.1) is 0 Å². The first kappa shape index (κ1) is 15.5. The lowest BCUT2D eigenvalue weighted by atomic mass is 10.2. The maximum Gasteiger partial charge on any atom is 0.352 e. The van der Waals surface area contributed by atoms with Crippen molar-refractivity contribution in [1.29, 1.82) is 0 Å². The molecule has 1 aromatic rings. The molecule has 21 heavy (non-hydrogen) atoms. The quantitative estimate of drug-likeness (QED) is 0.713. The number of likely N-dealkylation sites (tertiary alicyclic amines) is 1. The van der Waals surface area contributed by atoms with E-state index in [1.807, 2.05) is 0 Å². The summed E-state index contributed by atoms with van der Waals surface area (Å²) in [5.41, 5.74) is 0.199. The van der Waals surface area contributed by atoms with Gasteiger partial charge < -0.3 is 15.0 Å². The molecule has 1 saturated heterocycles. The first-order valence-electron chi connectivity index (χ1n) is 6.35. The zero-order valence-corrected chi connectivity index (χ0v) is 12.7. The normalized spacial score (nSPS) is 19.3. The molecule has 0 aromatic carbocycles. The van der Waals surface area contributed by atoms with Gasteiger partial charge in [0.15, 0.2) is 0 Å². The smallest absolute Gasteiger partial charge is 0.352 e. The second-order valence-electron chi connectivity index (χ2n) is 5.11. The minimum Gasteiger partial charge on any atom is -0.477 e. The summed E-state index contributed by atoms with van der Waals surface area (Å²) in [5.74, 6) is -1.52. The van der Waals surface area contributed by atoms with E-state index in [1.165, 1.54) is 18.7 Å². The molecule has 0 saturated carbocycles. The SMILES string of the molecule is Cc1[nH]c(C(=O)O)c(C)c1S(=O)(=O)NC1CCN(C)C1=O. The van der Waals surface area contributed by atoms with Crippen molar-refractivity contribution in [2.45, 2.75) is 31.2 Å². The fraction of sp³-hybridized carbons (Fsp3) is 0.500. The molecule has 1 unspecified atom stereocenters. The summed E-state index contributed by atoms with van der Waals surface area (Å²) in [6.07, 6.45) is 0.392. The number of aromatic amines is 1. The third-order valence-electron chi connectivity index (χ3n) is 3.58. The molecule has 2 rings (SSSR count). The van der Waals surface area contributed by atoms with Crippen molar-refractivity contribution in [3.63, 3.8) is 0 Å². The highest BCUT2D eigenvalue weighted by Gasteiger charge is 2.35. The number of rotatable bonds is 4. The molecule has 1 aliphatic rings. The van der Waals surface area contributed by atoms with Crippen LogP contribution in [0.2, 0.25) is 0 Å². The number of aryl methyl sites for hydroxylation is 1. The van der Waals surface area contributed by atoms with Crippen LogP contribution in [0, 0.1) is 13.8 Å². The number of carboxylic acid groups (broad SMARTS) is 1. The maximum absolute atomic E-state index is 12.4. The Bertz CT molecular complexity index is 707. The van der Waals surface area contributed by atoms with E-state index in [0.717, 1.165) is 0 Å². The number of aromatic nitrogens is 1. The van der Waals surface area contributed by atoms with Crippen LogP contribution in [-0.4, -0.2) is 54.9 Å². The van der Waals surface area contributed by atoms with Crippen LogP contribution in [0.3, 0.4) is 0 Å². The molecule has 1 atom stereocenters. The van der Waals surface area contributed by atoms with Crippen molar-refractivity contribution in [2.24, 2.45) is 0 Å². The number of carboxylic acids is 1. The largest absolute Gasteiger partial charge is 0.477 e. The lowest BCUT2D eigenvalue weighted by molar-refractivity contribution is -0.127. The molecular formula is C12H17N3O5S.